The van der Waals surface area contributed by atoms with E-state index in [1.807, 2.05) is 30.3 Å². The van der Waals surface area contributed by atoms with Gasteiger partial charge in [-0.2, -0.15) is 0 Å². The fourth-order valence-electron chi connectivity index (χ4n) is 1.09. The Morgan fingerprint density at radius 1 is 1.36 bits per heavy atom. The van der Waals surface area contributed by atoms with E-state index in [0.717, 1.165) is 5.56 Å². The number of aliphatic hydroxyl groups excluding tert-OH is 1. The van der Waals surface area contributed by atoms with Crippen LogP contribution in [0.15, 0.2) is 49.1 Å². The van der Waals surface area contributed by atoms with Crippen molar-refractivity contribution in [2.45, 2.75) is 0 Å². The summed E-state index contributed by atoms with van der Waals surface area (Å²) in [5, 5.41) is 8.82. The molecule has 0 aromatic heterocycles. The van der Waals surface area contributed by atoms with Crippen LogP contribution in [0.4, 0.5) is 0 Å². The van der Waals surface area contributed by atoms with Gasteiger partial charge in [-0.3, -0.25) is 0 Å². The highest BCUT2D eigenvalue weighted by Gasteiger charge is 1.99. The second kappa shape index (κ2) is 6.00. The van der Waals surface area contributed by atoms with Crippen molar-refractivity contribution in [3.8, 4) is 0 Å². The molecule has 0 amide bonds. The number of aliphatic hydroxyl groups is 1. The van der Waals surface area contributed by atoms with Gasteiger partial charge in [-0.25, -0.2) is 0 Å². The number of benzene rings is 1. The van der Waals surface area contributed by atoms with Crippen molar-refractivity contribution in [2.75, 3.05) is 13.2 Å². The van der Waals surface area contributed by atoms with E-state index in [9.17, 15) is 0 Å². The molecule has 0 atom stereocenters. The maximum absolute atomic E-state index is 8.82. The molecule has 1 rings (SSSR count). The van der Waals surface area contributed by atoms with Gasteiger partial charge in [0.1, 0.15) is 12.4 Å². The van der Waals surface area contributed by atoms with E-state index in [1.54, 1.807) is 12.2 Å². The van der Waals surface area contributed by atoms with Gasteiger partial charge in [0, 0.05) is 5.56 Å². The summed E-state index contributed by atoms with van der Waals surface area (Å²) in [7, 11) is 0. The molecule has 0 aliphatic carbocycles. The highest BCUT2D eigenvalue weighted by atomic mass is 16.5. The smallest absolute Gasteiger partial charge is 0.125 e. The minimum absolute atomic E-state index is 0.0264. The van der Waals surface area contributed by atoms with Crippen molar-refractivity contribution in [3.63, 3.8) is 0 Å². The Morgan fingerprint density at radius 3 is 2.64 bits per heavy atom. The van der Waals surface area contributed by atoms with Crippen molar-refractivity contribution in [3.05, 3.63) is 54.6 Å². The molecule has 1 N–H and O–H groups in total. The molecule has 0 aliphatic heterocycles. The first-order valence-electron chi connectivity index (χ1n) is 4.48. The Morgan fingerprint density at radius 2 is 2.07 bits per heavy atom. The molecule has 0 bridgehead atoms. The molecule has 2 heteroatoms. The zero-order valence-electron chi connectivity index (χ0n) is 8.02. The minimum Gasteiger partial charge on any atom is -0.489 e. The van der Waals surface area contributed by atoms with Crippen LogP contribution in [0, 0.1) is 0 Å². The summed E-state index contributed by atoms with van der Waals surface area (Å²) >= 11 is 0. The third-order valence-corrected chi connectivity index (χ3v) is 1.69. The summed E-state index contributed by atoms with van der Waals surface area (Å²) in [6, 6.07) is 9.67. The Balaban J connectivity index is 2.78. The first-order valence-corrected chi connectivity index (χ1v) is 4.48. The number of hydrogen-bond donors (Lipinski definition) is 1. The topological polar surface area (TPSA) is 29.5 Å². The van der Waals surface area contributed by atoms with E-state index >= 15 is 0 Å². The van der Waals surface area contributed by atoms with Crippen LogP contribution in [-0.4, -0.2) is 18.3 Å². The normalized spacial score (nSPS) is 11.1. The van der Waals surface area contributed by atoms with Gasteiger partial charge in [0.2, 0.25) is 0 Å². The van der Waals surface area contributed by atoms with Gasteiger partial charge in [-0.05, 0) is 6.08 Å². The largest absolute Gasteiger partial charge is 0.489 e. The van der Waals surface area contributed by atoms with E-state index in [4.69, 9.17) is 9.84 Å². The molecule has 0 saturated carbocycles. The van der Waals surface area contributed by atoms with Crippen molar-refractivity contribution >= 4 is 5.76 Å². The quantitative estimate of drug-likeness (QED) is 0.570. The van der Waals surface area contributed by atoms with Crippen LogP contribution in [0.5, 0.6) is 0 Å². The van der Waals surface area contributed by atoms with Crippen LogP contribution in [-0.2, 0) is 4.74 Å². The molecule has 0 aliphatic rings. The second-order valence-corrected chi connectivity index (χ2v) is 2.72. The van der Waals surface area contributed by atoms with E-state index < -0.39 is 0 Å². The van der Waals surface area contributed by atoms with Crippen molar-refractivity contribution in [1.29, 1.82) is 0 Å². The lowest BCUT2D eigenvalue weighted by Crippen LogP contribution is -1.93. The third kappa shape index (κ3) is 3.07. The molecule has 0 heterocycles. The van der Waals surface area contributed by atoms with E-state index in [-0.39, 0.29) is 6.61 Å². The molecule has 1 aromatic rings. The van der Waals surface area contributed by atoms with Crippen LogP contribution in [0.1, 0.15) is 5.56 Å². The van der Waals surface area contributed by atoms with Gasteiger partial charge < -0.3 is 9.84 Å². The summed E-state index contributed by atoms with van der Waals surface area (Å²) in [4.78, 5) is 0. The minimum atomic E-state index is -0.0264. The number of rotatable bonds is 5. The molecule has 0 spiro atoms. The molecule has 14 heavy (non-hydrogen) atoms. The first-order chi connectivity index (χ1) is 6.88. The van der Waals surface area contributed by atoms with Crippen molar-refractivity contribution in [1.82, 2.24) is 0 Å². The lowest BCUT2D eigenvalue weighted by molar-refractivity contribution is 0.306. The van der Waals surface area contributed by atoms with E-state index in [0.29, 0.717) is 12.4 Å². The highest BCUT2D eigenvalue weighted by Crippen LogP contribution is 2.14. The van der Waals surface area contributed by atoms with Crippen molar-refractivity contribution < 1.29 is 9.84 Å². The molecule has 0 fully saturated rings. The van der Waals surface area contributed by atoms with Crippen LogP contribution in [0.2, 0.25) is 0 Å². The average molecular weight is 190 g/mol. The Labute approximate surface area is 84.1 Å². The first kappa shape index (κ1) is 10.5. The Hall–Kier alpha value is -1.54. The molecule has 1 aromatic carbocycles. The maximum atomic E-state index is 8.82. The summed E-state index contributed by atoms with van der Waals surface area (Å²) in [5.74, 6) is 0.688. The molecule has 2 nitrogen and oxygen atoms in total. The molecule has 0 radical (unpaired) electrons. The SMILES string of the molecule is C=CCOC(=CCO)c1ccccc1. The van der Waals surface area contributed by atoms with Gasteiger partial charge in [0.25, 0.3) is 0 Å². The Kier molecular flexibility index (Phi) is 4.51. The summed E-state index contributed by atoms with van der Waals surface area (Å²) in [6.45, 7) is 3.99. The average Bonchev–Trinajstić information content (AvgIpc) is 2.25. The van der Waals surface area contributed by atoms with Crippen LogP contribution >= 0.6 is 0 Å². The Bertz CT molecular complexity index is 301. The van der Waals surface area contributed by atoms with Crippen LogP contribution in [0.3, 0.4) is 0 Å². The van der Waals surface area contributed by atoms with Gasteiger partial charge in [-0.15, -0.1) is 0 Å². The standard InChI is InChI=1S/C12H14O2/c1-2-10-14-12(8-9-13)11-6-4-3-5-7-11/h2-8,13H,1,9-10H2. The van der Waals surface area contributed by atoms with Crippen molar-refractivity contribution in [2.24, 2.45) is 0 Å². The van der Waals surface area contributed by atoms with Gasteiger partial charge in [0.15, 0.2) is 0 Å². The summed E-state index contributed by atoms with van der Waals surface area (Å²) in [6.07, 6.45) is 3.31. The fraction of sp³-hybridized carbons (Fsp3) is 0.167. The van der Waals surface area contributed by atoms with Gasteiger partial charge >= 0.3 is 0 Å². The molecular weight excluding hydrogens is 176 g/mol. The zero-order chi connectivity index (χ0) is 10.2. The van der Waals surface area contributed by atoms with Gasteiger partial charge in [-0.1, -0.05) is 43.0 Å². The molecule has 0 unspecified atom stereocenters. The second-order valence-electron chi connectivity index (χ2n) is 2.72. The zero-order valence-corrected chi connectivity index (χ0v) is 8.02. The van der Waals surface area contributed by atoms with E-state index in [2.05, 4.69) is 6.58 Å². The maximum Gasteiger partial charge on any atom is 0.125 e. The summed E-state index contributed by atoms with van der Waals surface area (Å²) in [5.41, 5.74) is 0.961. The molecular formula is C12H14O2. The summed E-state index contributed by atoms with van der Waals surface area (Å²) < 4.78 is 5.40. The number of ether oxygens (including phenoxy) is 1. The van der Waals surface area contributed by atoms with Crippen LogP contribution < -0.4 is 0 Å². The van der Waals surface area contributed by atoms with Crippen LogP contribution in [0.25, 0.3) is 5.76 Å². The number of hydrogen-bond acceptors (Lipinski definition) is 2. The lowest BCUT2D eigenvalue weighted by atomic mass is 10.2. The van der Waals surface area contributed by atoms with E-state index in [1.165, 1.54) is 0 Å². The highest BCUT2D eigenvalue weighted by molar-refractivity contribution is 5.59. The lowest BCUT2D eigenvalue weighted by Gasteiger charge is -2.08. The molecule has 0 saturated heterocycles. The predicted molar refractivity (Wildman–Crippen MR) is 57.7 cm³/mol. The monoisotopic (exact) mass is 190 g/mol. The predicted octanol–water partition coefficient (Wildman–Crippen LogP) is 2.22. The van der Waals surface area contributed by atoms with Gasteiger partial charge in [0.05, 0.1) is 6.61 Å². The third-order valence-electron chi connectivity index (χ3n) is 1.69. The molecule has 74 valence electrons. The fourth-order valence-corrected chi connectivity index (χ4v) is 1.09.